The monoisotopic (exact) mass is 343 g/mol. The molecule has 3 rings (SSSR count). The molecule has 0 aromatic heterocycles. The quantitative estimate of drug-likeness (QED) is 0.858. The second kappa shape index (κ2) is 8.00. The maximum atomic E-state index is 12.5. The summed E-state index contributed by atoms with van der Waals surface area (Å²) in [5, 5.41) is 3.08. The molecule has 1 aromatic rings. The highest BCUT2D eigenvalue weighted by molar-refractivity contribution is 5.82. The smallest absolute Gasteiger partial charge is 0.237 e. The van der Waals surface area contributed by atoms with E-state index in [1.807, 2.05) is 30.0 Å². The van der Waals surface area contributed by atoms with Crippen LogP contribution < -0.4 is 5.32 Å². The number of carbonyl (C=O) groups is 2. The number of carbonyl (C=O) groups excluding carboxylic acids is 2. The van der Waals surface area contributed by atoms with Crippen molar-refractivity contribution in [3.63, 3.8) is 0 Å². The van der Waals surface area contributed by atoms with Gasteiger partial charge in [0.05, 0.1) is 6.04 Å². The number of amides is 2. The molecule has 136 valence electrons. The van der Waals surface area contributed by atoms with Crippen molar-refractivity contribution in [2.45, 2.75) is 38.6 Å². The highest BCUT2D eigenvalue weighted by atomic mass is 16.2. The molecule has 1 heterocycles. The number of benzene rings is 1. The van der Waals surface area contributed by atoms with Crippen molar-refractivity contribution >= 4 is 11.8 Å². The van der Waals surface area contributed by atoms with Crippen molar-refractivity contribution in [1.82, 2.24) is 15.1 Å². The summed E-state index contributed by atoms with van der Waals surface area (Å²) < 4.78 is 0. The van der Waals surface area contributed by atoms with E-state index in [-0.39, 0.29) is 17.9 Å². The fourth-order valence-corrected chi connectivity index (χ4v) is 3.38. The van der Waals surface area contributed by atoms with Gasteiger partial charge in [0.15, 0.2) is 0 Å². The summed E-state index contributed by atoms with van der Waals surface area (Å²) in [6, 6.07) is 10.1. The van der Waals surface area contributed by atoms with Crippen molar-refractivity contribution in [3.05, 3.63) is 35.9 Å². The van der Waals surface area contributed by atoms with Crippen LogP contribution in [0, 0.1) is 5.92 Å². The Balaban J connectivity index is 1.42. The van der Waals surface area contributed by atoms with Crippen LogP contribution in [0.2, 0.25) is 0 Å². The van der Waals surface area contributed by atoms with Gasteiger partial charge in [0.25, 0.3) is 0 Å². The van der Waals surface area contributed by atoms with Gasteiger partial charge in [-0.25, -0.2) is 0 Å². The second-order valence-electron chi connectivity index (χ2n) is 7.37. The minimum Gasteiger partial charge on any atom is -0.354 e. The third-order valence-electron chi connectivity index (χ3n) is 5.43. The topological polar surface area (TPSA) is 52.7 Å². The van der Waals surface area contributed by atoms with Crippen LogP contribution in [0.4, 0.5) is 0 Å². The van der Waals surface area contributed by atoms with Crippen LogP contribution in [0.1, 0.15) is 38.2 Å². The standard InChI is InChI=1S/C20H29N3O2/c1-15(17-6-4-3-5-7-17)14-21-19(24)16(2)22-10-12-23(13-11-22)20(25)18-8-9-18/h3-7,15-16,18H,8-14H2,1-2H3,(H,21,24). The van der Waals surface area contributed by atoms with E-state index in [2.05, 4.69) is 29.3 Å². The normalized spacial score (nSPS) is 20.8. The lowest BCUT2D eigenvalue weighted by Gasteiger charge is -2.37. The number of nitrogens with one attached hydrogen (secondary N) is 1. The fourth-order valence-electron chi connectivity index (χ4n) is 3.38. The van der Waals surface area contributed by atoms with Gasteiger partial charge in [-0.1, -0.05) is 37.3 Å². The number of hydrogen-bond donors (Lipinski definition) is 1. The number of nitrogens with zero attached hydrogens (tertiary/aromatic N) is 2. The summed E-state index contributed by atoms with van der Waals surface area (Å²) in [5.74, 6) is 0.968. The molecule has 1 N–H and O–H groups in total. The Labute approximate surface area is 150 Å². The van der Waals surface area contributed by atoms with Crippen LogP contribution in [0.3, 0.4) is 0 Å². The summed E-state index contributed by atoms with van der Waals surface area (Å²) >= 11 is 0. The Morgan fingerprint density at radius 3 is 2.32 bits per heavy atom. The van der Waals surface area contributed by atoms with E-state index in [0.29, 0.717) is 18.4 Å². The molecule has 2 amide bonds. The van der Waals surface area contributed by atoms with Gasteiger partial charge in [0.1, 0.15) is 0 Å². The first-order chi connectivity index (χ1) is 12.1. The van der Waals surface area contributed by atoms with Gasteiger partial charge in [0.2, 0.25) is 11.8 Å². The fraction of sp³-hybridized carbons (Fsp3) is 0.600. The van der Waals surface area contributed by atoms with Crippen LogP contribution in [0.5, 0.6) is 0 Å². The predicted molar refractivity (Wildman–Crippen MR) is 98.2 cm³/mol. The van der Waals surface area contributed by atoms with E-state index in [1.54, 1.807) is 0 Å². The van der Waals surface area contributed by atoms with Crippen LogP contribution in [0.15, 0.2) is 30.3 Å². The highest BCUT2D eigenvalue weighted by Gasteiger charge is 2.35. The van der Waals surface area contributed by atoms with E-state index >= 15 is 0 Å². The van der Waals surface area contributed by atoms with Crippen LogP contribution in [0.25, 0.3) is 0 Å². The third kappa shape index (κ3) is 4.60. The molecular formula is C20H29N3O2. The van der Waals surface area contributed by atoms with Crippen LogP contribution in [-0.4, -0.2) is 60.4 Å². The molecule has 1 aliphatic carbocycles. The molecule has 2 atom stereocenters. The van der Waals surface area contributed by atoms with Gasteiger partial charge in [-0.05, 0) is 31.2 Å². The van der Waals surface area contributed by atoms with Crippen molar-refractivity contribution in [2.24, 2.45) is 5.92 Å². The lowest BCUT2D eigenvalue weighted by atomic mass is 10.0. The van der Waals surface area contributed by atoms with Gasteiger partial charge < -0.3 is 10.2 Å². The molecule has 1 aliphatic heterocycles. The zero-order chi connectivity index (χ0) is 17.8. The molecule has 0 spiro atoms. The Kier molecular flexibility index (Phi) is 5.74. The van der Waals surface area contributed by atoms with Crippen molar-refractivity contribution in [2.75, 3.05) is 32.7 Å². The molecule has 5 heteroatoms. The Morgan fingerprint density at radius 1 is 1.08 bits per heavy atom. The largest absolute Gasteiger partial charge is 0.354 e. The molecule has 25 heavy (non-hydrogen) atoms. The Bertz CT molecular complexity index is 592. The molecule has 5 nitrogen and oxygen atoms in total. The lowest BCUT2D eigenvalue weighted by molar-refractivity contribution is -0.135. The first-order valence-corrected chi connectivity index (χ1v) is 9.41. The number of piperazine rings is 1. The number of hydrogen-bond acceptors (Lipinski definition) is 3. The summed E-state index contributed by atoms with van der Waals surface area (Å²) in [6.07, 6.45) is 2.11. The summed E-state index contributed by atoms with van der Waals surface area (Å²) in [4.78, 5) is 28.7. The molecule has 0 bridgehead atoms. The maximum absolute atomic E-state index is 12.5. The first kappa shape index (κ1) is 17.9. The molecule has 1 saturated carbocycles. The maximum Gasteiger partial charge on any atom is 0.237 e. The SMILES string of the molecule is CC(CNC(=O)C(C)N1CCN(C(=O)C2CC2)CC1)c1ccccc1. The Hall–Kier alpha value is -1.88. The second-order valence-corrected chi connectivity index (χ2v) is 7.37. The third-order valence-corrected chi connectivity index (χ3v) is 5.43. The molecular weight excluding hydrogens is 314 g/mol. The molecule has 1 aromatic carbocycles. The number of rotatable bonds is 6. The molecule has 2 fully saturated rings. The molecule has 0 radical (unpaired) electrons. The molecule has 2 aliphatic rings. The first-order valence-electron chi connectivity index (χ1n) is 9.41. The van der Waals surface area contributed by atoms with E-state index < -0.39 is 0 Å². The summed E-state index contributed by atoms with van der Waals surface area (Å²) in [6.45, 7) is 7.78. The Morgan fingerprint density at radius 2 is 1.72 bits per heavy atom. The van der Waals surface area contributed by atoms with Gasteiger partial charge >= 0.3 is 0 Å². The average molecular weight is 343 g/mol. The minimum atomic E-state index is -0.152. The summed E-state index contributed by atoms with van der Waals surface area (Å²) in [5.41, 5.74) is 1.24. The molecule has 1 saturated heterocycles. The zero-order valence-corrected chi connectivity index (χ0v) is 15.3. The van der Waals surface area contributed by atoms with E-state index in [9.17, 15) is 9.59 Å². The van der Waals surface area contributed by atoms with Gasteiger partial charge in [-0.2, -0.15) is 0 Å². The predicted octanol–water partition coefficient (Wildman–Crippen LogP) is 1.85. The van der Waals surface area contributed by atoms with Crippen LogP contribution in [-0.2, 0) is 9.59 Å². The van der Waals surface area contributed by atoms with E-state index in [0.717, 1.165) is 39.0 Å². The van der Waals surface area contributed by atoms with Gasteiger partial charge in [-0.3, -0.25) is 14.5 Å². The molecule has 2 unspecified atom stereocenters. The zero-order valence-electron chi connectivity index (χ0n) is 15.3. The van der Waals surface area contributed by atoms with E-state index in [1.165, 1.54) is 5.56 Å². The van der Waals surface area contributed by atoms with E-state index in [4.69, 9.17) is 0 Å². The van der Waals surface area contributed by atoms with Crippen molar-refractivity contribution in [3.8, 4) is 0 Å². The lowest BCUT2D eigenvalue weighted by Crippen LogP contribution is -2.55. The summed E-state index contributed by atoms with van der Waals surface area (Å²) in [7, 11) is 0. The van der Waals surface area contributed by atoms with Crippen molar-refractivity contribution in [1.29, 1.82) is 0 Å². The van der Waals surface area contributed by atoms with Crippen molar-refractivity contribution < 1.29 is 9.59 Å². The minimum absolute atomic E-state index is 0.0738. The average Bonchev–Trinajstić information content (AvgIpc) is 3.50. The van der Waals surface area contributed by atoms with Gasteiger partial charge in [-0.15, -0.1) is 0 Å². The highest BCUT2D eigenvalue weighted by Crippen LogP contribution is 2.31. The van der Waals surface area contributed by atoms with Crippen LogP contribution >= 0.6 is 0 Å². The van der Waals surface area contributed by atoms with Gasteiger partial charge in [0, 0.05) is 38.6 Å².